The topological polar surface area (TPSA) is 35.5 Å². The second-order valence-corrected chi connectivity index (χ2v) is 6.10. The molecule has 6 heteroatoms. The molecule has 3 nitrogen and oxygen atoms in total. The number of aliphatic hydroxyl groups is 1. The summed E-state index contributed by atoms with van der Waals surface area (Å²) < 4.78 is 38.2. The Balaban J connectivity index is 2.81. The van der Waals surface area contributed by atoms with E-state index >= 15 is 0 Å². The van der Waals surface area contributed by atoms with E-state index in [9.17, 15) is 18.3 Å². The van der Waals surface area contributed by atoms with Crippen molar-refractivity contribution in [3.8, 4) is 0 Å². The molecule has 0 aromatic rings. The number of rotatable bonds is 6. The summed E-state index contributed by atoms with van der Waals surface area (Å²) in [6.45, 7) is 5.38. The summed E-state index contributed by atoms with van der Waals surface area (Å²) in [4.78, 5) is 1.53. The van der Waals surface area contributed by atoms with E-state index in [0.717, 1.165) is 19.3 Å². The van der Waals surface area contributed by atoms with Crippen molar-refractivity contribution < 1.29 is 18.3 Å². The molecule has 2 unspecified atom stereocenters. The molecule has 0 bridgehead atoms. The first kappa shape index (κ1) is 17.7. The van der Waals surface area contributed by atoms with Crippen LogP contribution in [0.4, 0.5) is 13.2 Å². The van der Waals surface area contributed by atoms with Crippen LogP contribution in [0, 0.1) is 0 Å². The van der Waals surface area contributed by atoms with Gasteiger partial charge in [-0.3, -0.25) is 4.90 Å². The van der Waals surface area contributed by atoms with Crippen molar-refractivity contribution in [1.82, 2.24) is 10.2 Å². The van der Waals surface area contributed by atoms with Crippen molar-refractivity contribution in [2.45, 2.75) is 70.3 Å². The molecule has 0 spiro atoms. The number of likely N-dealkylation sites (N-methyl/N-ethyl adjacent to an activating group) is 1. The maximum absolute atomic E-state index is 12.7. The van der Waals surface area contributed by atoms with E-state index in [1.165, 1.54) is 4.90 Å². The van der Waals surface area contributed by atoms with Crippen molar-refractivity contribution in [3.05, 3.63) is 0 Å². The van der Waals surface area contributed by atoms with Crippen LogP contribution in [0.1, 0.15) is 46.5 Å². The van der Waals surface area contributed by atoms with Crippen LogP contribution in [0.25, 0.3) is 0 Å². The Kier molecular flexibility index (Phi) is 6.28. The highest BCUT2D eigenvalue weighted by molar-refractivity contribution is 4.97. The van der Waals surface area contributed by atoms with Gasteiger partial charge < -0.3 is 10.4 Å². The molecule has 0 heterocycles. The maximum atomic E-state index is 12.7. The lowest BCUT2D eigenvalue weighted by Crippen LogP contribution is -2.57. The first-order chi connectivity index (χ1) is 9.23. The molecule has 20 heavy (non-hydrogen) atoms. The Morgan fingerprint density at radius 2 is 2.05 bits per heavy atom. The molecule has 1 fully saturated rings. The van der Waals surface area contributed by atoms with Crippen molar-refractivity contribution in [2.75, 3.05) is 19.7 Å². The van der Waals surface area contributed by atoms with Crippen LogP contribution < -0.4 is 5.32 Å². The summed E-state index contributed by atoms with van der Waals surface area (Å²) in [5, 5.41) is 12.9. The van der Waals surface area contributed by atoms with E-state index in [1.54, 1.807) is 13.8 Å². The monoisotopic (exact) mass is 296 g/mol. The fourth-order valence-electron chi connectivity index (χ4n) is 3.29. The Hall–Kier alpha value is -0.330. The quantitative estimate of drug-likeness (QED) is 0.790. The van der Waals surface area contributed by atoms with E-state index < -0.39 is 18.3 Å². The van der Waals surface area contributed by atoms with Gasteiger partial charge in [-0.1, -0.05) is 6.92 Å². The zero-order chi connectivity index (χ0) is 15.4. The standard InChI is InChI=1S/C14H27F3N2O/c1-4-18-13(10-20)7-5-6-12(8-13)19(11(2)3)9-14(15,16)17/h11-12,18,20H,4-10H2,1-3H3. The van der Waals surface area contributed by atoms with Crippen LogP contribution >= 0.6 is 0 Å². The van der Waals surface area contributed by atoms with Crippen LogP contribution in [0.5, 0.6) is 0 Å². The van der Waals surface area contributed by atoms with Crippen molar-refractivity contribution >= 4 is 0 Å². The summed E-state index contributed by atoms with van der Waals surface area (Å²) in [5.41, 5.74) is -0.420. The molecule has 0 aromatic heterocycles. The number of halogens is 3. The molecule has 0 amide bonds. The third-order valence-corrected chi connectivity index (χ3v) is 4.17. The Labute approximate surface area is 119 Å². The first-order valence-corrected chi connectivity index (χ1v) is 7.41. The SMILES string of the molecule is CCNC1(CO)CCCC(N(CC(F)(F)F)C(C)C)C1. The van der Waals surface area contributed by atoms with Gasteiger partial charge in [-0.05, 0) is 46.1 Å². The van der Waals surface area contributed by atoms with Gasteiger partial charge in [0.15, 0.2) is 0 Å². The third kappa shape index (κ3) is 4.90. The molecule has 0 aliphatic heterocycles. The summed E-state index contributed by atoms with van der Waals surface area (Å²) in [7, 11) is 0. The third-order valence-electron chi connectivity index (χ3n) is 4.17. The molecule has 1 saturated carbocycles. The highest BCUT2D eigenvalue weighted by Gasteiger charge is 2.41. The Morgan fingerprint density at radius 3 is 2.50 bits per heavy atom. The van der Waals surface area contributed by atoms with Gasteiger partial charge in [0.25, 0.3) is 0 Å². The van der Waals surface area contributed by atoms with Crippen LogP contribution in [0.3, 0.4) is 0 Å². The van der Waals surface area contributed by atoms with Crippen LogP contribution in [-0.2, 0) is 0 Å². The number of alkyl halides is 3. The lowest BCUT2D eigenvalue weighted by atomic mass is 9.78. The number of aliphatic hydroxyl groups excluding tert-OH is 1. The molecule has 1 aliphatic carbocycles. The van der Waals surface area contributed by atoms with Gasteiger partial charge in [0, 0.05) is 17.6 Å². The van der Waals surface area contributed by atoms with Gasteiger partial charge in [-0.15, -0.1) is 0 Å². The molecule has 1 rings (SSSR count). The lowest BCUT2D eigenvalue weighted by Gasteiger charge is -2.46. The number of hydrogen-bond acceptors (Lipinski definition) is 3. The van der Waals surface area contributed by atoms with Crippen molar-refractivity contribution in [2.24, 2.45) is 0 Å². The number of hydrogen-bond donors (Lipinski definition) is 2. The molecule has 0 saturated heterocycles. The average Bonchev–Trinajstić information content (AvgIpc) is 2.35. The summed E-state index contributed by atoms with van der Waals surface area (Å²) in [6.07, 6.45) is -1.17. The first-order valence-electron chi connectivity index (χ1n) is 7.41. The minimum atomic E-state index is -4.18. The fraction of sp³-hybridized carbons (Fsp3) is 1.00. The molecule has 120 valence electrons. The molecule has 0 radical (unpaired) electrons. The van der Waals surface area contributed by atoms with Gasteiger partial charge in [0.1, 0.15) is 0 Å². The van der Waals surface area contributed by atoms with Crippen molar-refractivity contribution in [3.63, 3.8) is 0 Å². The van der Waals surface area contributed by atoms with Crippen LogP contribution in [0.15, 0.2) is 0 Å². The van der Waals surface area contributed by atoms with Gasteiger partial charge >= 0.3 is 6.18 Å². The molecular weight excluding hydrogens is 269 g/mol. The number of nitrogens with one attached hydrogen (secondary N) is 1. The summed E-state index contributed by atoms with van der Waals surface area (Å²) >= 11 is 0. The maximum Gasteiger partial charge on any atom is 0.401 e. The van der Waals surface area contributed by atoms with Gasteiger partial charge in [0.2, 0.25) is 0 Å². The molecule has 2 N–H and O–H groups in total. The highest BCUT2D eigenvalue weighted by atomic mass is 19.4. The molecular formula is C14H27F3N2O. The minimum absolute atomic E-state index is 0.0186. The van der Waals surface area contributed by atoms with E-state index in [1.807, 2.05) is 6.92 Å². The van der Waals surface area contributed by atoms with Crippen molar-refractivity contribution in [1.29, 1.82) is 0 Å². The largest absolute Gasteiger partial charge is 0.401 e. The number of nitrogens with zero attached hydrogens (tertiary/aromatic N) is 1. The van der Waals surface area contributed by atoms with E-state index in [-0.39, 0.29) is 18.7 Å². The summed E-state index contributed by atoms with van der Waals surface area (Å²) in [5.74, 6) is 0. The van der Waals surface area contributed by atoms with Crippen LogP contribution in [0.2, 0.25) is 0 Å². The second kappa shape index (κ2) is 7.09. The zero-order valence-corrected chi connectivity index (χ0v) is 12.6. The van der Waals surface area contributed by atoms with Gasteiger partial charge in [-0.2, -0.15) is 13.2 Å². The zero-order valence-electron chi connectivity index (χ0n) is 12.6. The molecule has 2 atom stereocenters. The smallest absolute Gasteiger partial charge is 0.394 e. The Morgan fingerprint density at radius 1 is 1.40 bits per heavy atom. The van der Waals surface area contributed by atoms with E-state index in [0.29, 0.717) is 13.0 Å². The average molecular weight is 296 g/mol. The molecule has 1 aliphatic rings. The fourth-order valence-corrected chi connectivity index (χ4v) is 3.29. The predicted octanol–water partition coefficient (Wildman–Crippen LogP) is 2.54. The highest BCUT2D eigenvalue weighted by Crippen LogP contribution is 2.33. The van der Waals surface area contributed by atoms with E-state index in [4.69, 9.17) is 0 Å². The summed E-state index contributed by atoms with van der Waals surface area (Å²) in [6, 6.07) is -0.283. The normalized spacial score (nSPS) is 28.4. The van der Waals surface area contributed by atoms with E-state index in [2.05, 4.69) is 5.32 Å². The molecule has 0 aromatic carbocycles. The van der Waals surface area contributed by atoms with Gasteiger partial charge in [-0.25, -0.2) is 0 Å². The minimum Gasteiger partial charge on any atom is -0.394 e. The second-order valence-electron chi connectivity index (χ2n) is 6.10. The van der Waals surface area contributed by atoms with Gasteiger partial charge in [0.05, 0.1) is 13.2 Å². The predicted molar refractivity (Wildman–Crippen MR) is 73.6 cm³/mol. The Bertz CT molecular complexity index is 293. The van der Waals surface area contributed by atoms with Crippen LogP contribution in [-0.4, -0.2) is 53.5 Å². The lowest BCUT2D eigenvalue weighted by molar-refractivity contribution is -0.158.